The van der Waals surface area contributed by atoms with Crippen LogP contribution in [0.1, 0.15) is 0 Å². The molecule has 0 rings (SSSR count). The van der Waals surface area contributed by atoms with Crippen molar-refractivity contribution in [3.05, 3.63) is 0 Å². The molecule has 0 heterocycles. The van der Waals surface area contributed by atoms with E-state index in [-0.39, 0.29) is 81.0 Å². The zero-order valence-electron chi connectivity index (χ0n) is 1.43. The summed E-state index contributed by atoms with van der Waals surface area (Å²) in [5.41, 5.74) is 0. The molecule has 0 amide bonds. The van der Waals surface area contributed by atoms with E-state index in [1.54, 1.807) is 0 Å². The van der Waals surface area contributed by atoms with Crippen LogP contribution in [0.5, 0.6) is 0 Å². The molecule has 0 fully saturated rings. The molecule has 4 heavy (non-hydrogen) atoms. The standard InChI is InChI=1S/Au.Mo.Ni.W. The molecule has 0 saturated carbocycles. The zero-order chi connectivity index (χ0) is 0. The molecule has 0 unspecified atom stereocenters. The van der Waals surface area contributed by atoms with E-state index in [9.17, 15) is 0 Å². The number of hydrogen-bond donors (Lipinski definition) is 0. The van der Waals surface area contributed by atoms with E-state index in [2.05, 4.69) is 0 Å². The van der Waals surface area contributed by atoms with Crippen LogP contribution in [0.15, 0.2) is 0 Å². The fourth-order valence-electron chi connectivity index (χ4n) is 0. The SMILES string of the molecule is [Au].[Mo].[Ni].[W]. The maximum atomic E-state index is 0. The van der Waals surface area contributed by atoms with E-state index in [0.29, 0.717) is 0 Å². The summed E-state index contributed by atoms with van der Waals surface area (Å²) in [4.78, 5) is 0. The van der Waals surface area contributed by atoms with Gasteiger partial charge in [-0.25, -0.2) is 0 Å². The minimum atomic E-state index is 0. The topological polar surface area (TPSA) is 0 Å². The second-order valence-corrected chi connectivity index (χ2v) is 0. The van der Waals surface area contributed by atoms with E-state index >= 15 is 0 Å². The van der Waals surface area contributed by atoms with Crippen molar-refractivity contribution >= 4 is 0 Å². The van der Waals surface area contributed by atoms with Crippen LogP contribution in [-0.2, 0) is 81.0 Å². The average molecular weight is 535 g/mol. The number of hydrogen-bond acceptors (Lipinski definition) is 0. The molecule has 0 aliphatic rings. The van der Waals surface area contributed by atoms with Gasteiger partial charge >= 0.3 is 0 Å². The Morgan fingerprint density at radius 3 is 1.00 bits per heavy atom. The van der Waals surface area contributed by atoms with E-state index in [0.717, 1.165) is 0 Å². The van der Waals surface area contributed by atoms with Gasteiger partial charge in [0.15, 0.2) is 0 Å². The van der Waals surface area contributed by atoms with Crippen molar-refractivity contribution in [3.8, 4) is 0 Å². The summed E-state index contributed by atoms with van der Waals surface area (Å²) in [6, 6.07) is 0. The molecule has 0 aromatic carbocycles. The Kier molecular flexibility index (Phi) is 134. The summed E-state index contributed by atoms with van der Waals surface area (Å²) < 4.78 is 0. The normalized spacial score (nSPS) is 0. The molecule has 0 spiro atoms. The Balaban J connectivity index is 0. The Morgan fingerprint density at radius 1 is 1.00 bits per heavy atom. The van der Waals surface area contributed by atoms with Crippen molar-refractivity contribution in [1.82, 2.24) is 0 Å². The van der Waals surface area contributed by atoms with Gasteiger partial charge in [0, 0.05) is 81.0 Å². The fourth-order valence-corrected chi connectivity index (χ4v) is 0. The number of rotatable bonds is 0. The van der Waals surface area contributed by atoms with Gasteiger partial charge in [-0.1, -0.05) is 0 Å². The Labute approximate surface area is 79.8 Å². The van der Waals surface area contributed by atoms with Crippen molar-refractivity contribution in [2.24, 2.45) is 0 Å². The predicted octanol–water partition coefficient (Wildman–Crippen LogP) is -0.0100. The fraction of sp³-hybridized carbons (Fsp3) is 0. The average Bonchev–Trinajstić information content (AvgIpc) is 0. The molecular formula is AuMoNiW. The zero-order valence-corrected chi connectivity index (χ0v) is 9.53. The minimum absolute atomic E-state index is 0. The van der Waals surface area contributed by atoms with E-state index in [1.807, 2.05) is 0 Å². The Hall–Kier alpha value is 2.61. The summed E-state index contributed by atoms with van der Waals surface area (Å²) in [5.74, 6) is 0. The van der Waals surface area contributed by atoms with Gasteiger partial charge < -0.3 is 0 Å². The third-order valence-corrected chi connectivity index (χ3v) is 0. The van der Waals surface area contributed by atoms with Crippen molar-refractivity contribution in [1.29, 1.82) is 0 Å². The molecule has 1 radical (unpaired) electrons. The Morgan fingerprint density at radius 2 is 1.00 bits per heavy atom. The van der Waals surface area contributed by atoms with Crippen molar-refractivity contribution in [2.75, 3.05) is 0 Å². The van der Waals surface area contributed by atoms with Crippen LogP contribution >= 0.6 is 0 Å². The molecule has 0 aliphatic carbocycles. The van der Waals surface area contributed by atoms with Gasteiger partial charge in [-0.05, 0) is 0 Å². The van der Waals surface area contributed by atoms with Gasteiger partial charge in [0.2, 0.25) is 0 Å². The second kappa shape index (κ2) is 17.5. The van der Waals surface area contributed by atoms with Crippen LogP contribution in [0, 0.1) is 0 Å². The molecule has 0 saturated heterocycles. The van der Waals surface area contributed by atoms with Gasteiger partial charge in [-0.2, -0.15) is 0 Å². The van der Waals surface area contributed by atoms with Gasteiger partial charge in [-0.15, -0.1) is 0 Å². The van der Waals surface area contributed by atoms with Crippen LogP contribution in [0.4, 0.5) is 0 Å². The van der Waals surface area contributed by atoms with Gasteiger partial charge in [0.1, 0.15) is 0 Å². The maximum absolute atomic E-state index is 0. The molecule has 0 nitrogen and oxygen atoms in total. The van der Waals surface area contributed by atoms with Crippen LogP contribution in [0.3, 0.4) is 0 Å². The van der Waals surface area contributed by atoms with E-state index in [1.165, 1.54) is 0 Å². The van der Waals surface area contributed by atoms with E-state index in [4.69, 9.17) is 0 Å². The molecule has 33 valence electrons. The van der Waals surface area contributed by atoms with Crippen LogP contribution in [-0.4, -0.2) is 0 Å². The summed E-state index contributed by atoms with van der Waals surface area (Å²) in [5, 5.41) is 0. The molecule has 0 N–H and O–H groups in total. The maximum Gasteiger partial charge on any atom is 0 e. The molecule has 0 aromatic rings. The third-order valence-electron chi connectivity index (χ3n) is 0. The second-order valence-electron chi connectivity index (χ2n) is 0. The first-order valence-electron chi connectivity index (χ1n) is 0. The van der Waals surface area contributed by atoms with Crippen LogP contribution in [0.25, 0.3) is 0 Å². The van der Waals surface area contributed by atoms with E-state index < -0.39 is 0 Å². The summed E-state index contributed by atoms with van der Waals surface area (Å²) in [7, 11) is 0. The minimum Gasteiger partial charge on any atom is 0 e. The smallest absolute Gasteiger partial charge is 0 e. The van der Waals surface area contributed by atoms with Crippen molar-refractivity contribution in [2.45, 2.75) is 0 Å². The van der Waals surface area contributed by atoms with Crippen molar-refractivity contribution in [3.63, 3.8) is 0 Å². The molecule has 0 atom stereocenters. The Bertz CT molecular complexity index is 8.00. The monoisotopic (exact) mass is 537 g/mol. The molecule has 0 aliphatic heterocycles. The van der Waals surface area contributed by atoms with Gasteiger partial charge in [0.25, 0.3) is 0 Å². The van der Waals surface area contributed by atoms with Gasteiger partial charge in [-0.3, -0.25) is 0 Å². The first-order chi connectivity index (χ1) is 0. The quantitative estimate of drug-likeness (QED) is 0.383. The molecule has 4 heteroatoms. The van der Waals surface area contributed by atoms with Crippen LogP contribution < -0.4 is 0 Å². The molecular weight excluding hydrogens is 535 g/mol. The largest absolute Gasteiger partial charge is 0 e. The van der Waals surface area contributed by atoms with Gasteiger partial charge in [0.05, 0.1) is 0 Å². The summed E-state index contributed by atoms with van der Waals surface area (Å²) >= 11 is 0. The first-order valence-corrected chi connectivity index (χ1v) is 0. The van der Waals surface area contributed by atoms with Crippen LogP contribution in [0.2, 0.25) is 0 Å². The van der Waals surface area contributed by atoms with Crippen molar-refractivity contribution < 1.29 is 81.0 Å². The third kappa shape index (κ3) is 8.82. The predicted molar refractivity (Wildman–Crippen MR) is 0 cm³/mol. The molecule has 0 bridgehead atoms. The first kappa shape index (κ1) is 30.5. The summed E-state index contributed by atoms with van der Waals surface area (Å²) in [6.07, 6.45) is 0. The molecule has 0 aromatic heterocycles. The summed E-state index contributed by atoms with van der Waals surface area (Å²) in [6.45, 7) is 0.